The van der Waals surface area contributed by atoms with Gasteiger partial charge in [-0.1, -0.05) is 32.0 Å². The molecular weight excluding hydrogens is 342 g/mol. The predicted octanol–water partition coefficient (Wildman–Crippen LogP) is 1.09. The summed E-state index contributed by atoms with van der Waals surface area (Å²) in [5, 5.41) is 2.37. The molecule has 0 aliphatic heterocycles. The first kappa shape index (κ1) is 21.1. The van der Waals surface area contributed by atoms with Gasteiger partial charge in [0.05, 0.1) is 14.2 Å². The molecule has 142 valence electrons. The van der Waals surface area contributed by atoms with Crippen LogP contribution in [-0.2, 0) is 28.6 Å². The van der Waals surface area contributed by atoms with Crippen LogP contribution in [0.4, 0.5) is 0 Å². The van der Waals surface area contributed by atoms with Crippen LogP contribution in [-0.4, -0.2) is 49.7 Å². The molecule has 8 heteroatoms. The van der Waals surface area contributed by atoms with Crippen molar-refractivity contribution < 1.29 is 33.4 Å². The predicted molar refractivity (Wildman–Crippen MR) is 91.1 cm³/mol. The van der Waals surface area contributed by atoms with Crippen LogP contribution in [0.15, 0.2) is 30.3 Å². The number of ether oxygens (including phenoxy) is 3. The molecule has 0 saturated heterocycles. The molecule has 1 atom stereocenters. The number of amides is 1. The summed E-state index contributed by atoms with van der Waals surface area (Å²) < 4.78 is 14.7. The van der Waals surface area contributed by atoms with Crippen molar-refractivity contribution in [2.24, 2.45) is 5.92 Å². The van der Waals surface area contributed by atoms with Crippen LogP contribution in [0.5, 0.6) is 0 Å². The summed E-state index contributed by atoms with van der Waals surface area (Å²) in [6.07, 6.45) is -1.34. The number of esters is 3. The third-order valence-corrected chi connectivity index (χ3v) is 3.69. The van der Waals surface area contributed by atoms with Gasteiger partial charge in [-0.25, -0.2) is 9.59 Å². The van der Waals surface area contributed by atoms with Crippen LogP contribution in [0.25, 0.3) is 0 Å². The molecule has 8 nitrogen and oxygen atoms in total. The van der Waals surface area contributed by atoms with Crippen LogP contribution in [0.3, 0.4) is 0 Å². The number of hydrogen-bond acceptors (Lipinski definition) is 7. The molecule has 1 rings (SSSR count). The first-order chi connectivity index (χ1) is 12.2. The lowest BCUT2D eigenvalue weighted by Crippen LogP contribution is -2.69. The highest BCUT2D eigenvalue weighted by Gasteiger charge is 2.59. The van der Waals surface area contributed by atoms with Crippen LogP contribution in [0, 0.1) is 5.92 Å². The first-order valence-electron chi connectivity index (χ1n) is 7.92. The van der Waals surface area contributed by atoms with Crippen molar-refractivity contribution in [2.75, 3.05) is 14.2 Å². The molecule has 0 heterocycles. The van der Waals surface area contributed by atoms with Crippen LogP contribution in [0.2, 0.25) is 0 Å². The van der Waals surface area contributed by atoms with Crippen LogP contribution in [0.1, 0.15) is 31.1 Å². The second-order valence-corrected chi connectivity index (χ2v) is 5.89. The molecule has 0 aromatic heterocycles. The van der Waals surface area contributed by atoms with E-state index in [-0.39, 0.29) is 5.56 Å². The lowest BCUT2D eigenvalue weighted by atomic mass is 9.84. The summed E-state index contributed by atoms with van der Waals surface area (Å²) in [6.45, 7) is 4.39. The monoisotopic (exact) mass is 365 g/mol. The Labute approximate surface area is 151 Å². The summed E-state index contributed by atoms with van der Waals surface area (Å²) in [4.78, 5) is 49.4. The van der Waals surface area contributed by atoms with Crippen molar-refractivity contribution in [1.82, 2.24) is 5.32 Å². The van der Waals surface area contributed by atoms with Gasteiger partial charge in [0.2, 0.25) is 0 Å². The Kier molecular flexibility index (Phi) is 7.30. The van der Waals surface area contributed by atoms with Crippen molar-refractivity contribution in [1.29, 1.82) is 0 Å². The van der Waals surface area contributed by atoms with Gasteiger partial charge in [-0.3, -0.25) is 9.59 Å². The molecule has 0 fully saturated rings. The lowest BCUT2D eigenvalue weighted by Gasteiger charge is -2.37. The number of hydrogen-bond donors (Lipinski definition) is 1. The molecule has 0 radical (unpaired) electrons. The topological polar surface area (TPSA) is 108 Å². The van der Waals surface area contributed by atoms with Crippen molar-refractivity contribution in [3.63, 3.8) is 0 Å². The Balaban J connectivity index is 3.51. The molecule has 1 aromatic rings. The van der Waals surface area contributed by atoms with E-state index in [1.165, 1.54) is 12.1 Å². The molecular formula is C18H23NO7. The highest BCUT2D eigenvalue weighted by atomic mass is 16.6. The molecule has 1 N–H and O–H groups in total. The van der Waals surface area contributed by atoms with Crippen LogP contribution < -0.4 is 5.32 Å². The Morgan fingerprint density at radius 1 is 0.962 bits per heavy atom. The van der Waals surface area contributed by atoms with E-state index >= 15 is 0 Å². The van der Waals surface area contributed by atoms with E-state index in [0.29, 0.717) is 0 Å². The molecule has 0 aliphatic rings. The third kappa shape index (κ3) is 4.38. The fourth-order valence-electron chi connectivity index (χ4n) is 2.55. The van der Waals surface area contributed by atoms with Gasteiger partial charge < -0.3 is 19.5 Å². The van der Waals surface area contributed by atoms with Gasteiger partial charge in [0.1, 0.15) is 6.10 Å². The van der Waals surface area contributed by atoms with E-state index in [1.807, 2.05) is 0 Å². The van der Waals surface area contributed by atoms with E-state index in [0.717, 1.165) is 21.1 Å². The molecule has 0 spiro atoms. The number of benzene rings is 1. The number of carbonyl (C=O) groups excluding carboxylic acids is 4. The molecule has 0 aliphatic carbocycles. The van der Waals surface area contributed by atoms with Gasteiger partial charge in [0.15, 0.2) is 0 Å². The fourth-order valence-corrected chi connectivity index (χ4v) is 2.55. The molecule has 0 saturated carbocycles. The second kappa shape index (κ2) is 8.98. The Morgan fingerprint density at radius 3 is 1.85 bits per heavy atom. The standard InChI is InChI=1S/C18H23NO7/c1-11(2)14(26-12(3)20)18(16(22)24-4,17(23)25-5)19-15(21)13-9-7-6-8-10-13/h6-11,14H,1-5H3,(H,19,21). The summed E-state index contributed by atoms with van der Waals surface area (Å²) in [6, 6.07) is 7.97. The zero-order valence-corrected chi connectivity index (χ0v) is 15.4. The Morgan fingerprint density at radius 2 is 1.46 bits per heavy atom. The molecule has 1 amide bonds. The molecule has 0 bridgehead atoms. The molecule has 1 unspecified atom stereocenters. The number of carbonyl (C=O) groups is 4. The Hall–Kier alpha value is -2.90. The van der Waals surface area contributed by atoms with Gasteiger partial charge in [0, 0.05) is 12.5 Å². The van der Waals surface area contributed by atoms with Crippen molar-refractivity contribution in [3.8, 4) is 0 Å². The van der Waals surface area contributed by atoms with Gasteiger partial charge in [-0.05, 0) is 18.1 Å². The minimum Gasteiger partial charge on any atom is -0.467 e. The minimum atomic E-state index is -2.35. The fraction of sp³-hybridized carbons (Fsp3) is 0.444. The normalized spacial score (nSPS) is 12.1. The number of rotatable bonds is 7. The zero-order valence-electron chi connectivity index (χ0n) is 15.4. The molecule has 26 heavy (non-hydrogen) atoms. The van der Waals surface area contributed by atoms with Crippen LogP contribution >= 0.6 is 0 Å². The van der Waals surface area contributed by atoms with Crippen molar-refractivity contribution in [3.05, 3.63) is 35.9 Å². The quantitative estimate of drug-likeness (QED) is 0.438. The van der Waals surface area contributed by atoms with E-state index in [4.69, 9.17) is 14.2 Å². The van der Waals surface area contributed by atoms with Gasteiger partial charge in [-0.2, -0.15) is 0 Å². The van der Waals surface area contributed by atoms with Gasteiger partial charge >= 0.3 is 17.9 Å². The zero-order chi connectivity index (χ0) is 19.9. The van der Waals surface area contributed by atoms with E-state index in [1.54, 1.807) is 32.0 Å². The maximum absolute atomic E-state index is 12.6. The second-order valence-electron chi connectivity index (χ2n) is 5.89. The van der Waals surface area contributed by atoms with E-state index in [2.05, 4.69) is 5.32 Å². The van der Waals surface area contributed by atoms with E-state index in [9.17, 15) is 19.2 Å². The SMILES string of the molecule is COC(=O)C(NC(=O)c1ccccc1)(C(=O)OC)C(OC(C)=O)C(C)C. The summed E-state index contributed by atoms with van der Waals surface area (Å²) in [5.41, 5.74) is -2.15. The third-order valence-electron chi connectivity index (χ3n) is 3.69. The smallest absolute Gasteiger partial charge is 0.347 e. The maximum atomic E-state index is 12.6. The number of methoxy groups -OCH3 is 2. The molecule has 1 aromatic carbocycles. The summed E-state index contributed by atoms with van der Waals surface area (Å²) in [7, 11) is 2.11. The van der Waals surface area contributed by atoms with Gasteiger partial charge in [-0.15, -0.1) is 0 Å². The highest BCUT2D eigenvalue weighted by molar-refractivity contribution is 6.11. The minimum absolute atomic E-state index is 0.204. The maximum Gasteiger partial charge on any atom is 0.347 e. The first-order valence-corrected chi connectivity index (χ1v) is 7.92. The highest BCUT2D eigenvalue weighted by Crippen LogP contribution is 2.26. The van der Waals surface area contributed by atoms with Crippen molar-refractivity contribution >= 4 is 23.8 Å². The largest absolute Gasteiger partial charge is 0.467 e. The average Bonchev–Trinajstić information content (AvgIpc) is 2.63. The summed E-state index contributed by atoms with van der Waals surface area (Å²) >= 11 is 0. The van der Waals surface area contributed by atoms with Gasteiger partial charge in [0.25, 0.3) is 11.4 Å². The lowest BCUT2D eigenvalue weighted by molar-refractivity contribution is -0.178. The Bertz CT molecular complexity index is 653. The summed E-state index contributed by atoms with van der Waals surface area (Å²) in [5.74, 6) is -4.18. The average molecular weight is 365 g/mol. The van der Waals surface area contributed by atoms with E-state index < -0.39 is 41.4 Å². The van der Waals surface area contributed by atoms with Crippen molar-refractivity contribution in [2.45, 2.75) is 32.4 Å². The number of nitrogens with one attached hydrogen (secondary N) is 1.